The van der Waals surface area contributed by atoms with E-state index in [1.165, 1.54) is 6.42 Å². The van der Waals surface area contributed by atoms with Gasteiger partial charge in [-0.2, -0.15) is 0 Å². The number of piperidine rings is 1. The number of methoxy groups -OCH3 is 1. The van der Waals surface area contributed by atoms with Crippen LogP contribution in [0.15, 0.2) is 24.3 Å². The number of anilines is 1. The highest BCUT2D eigenvalue weighted by atomic mass is 16.5. The predicted octanol–water partition coefficient (Wildman–Crippen LogP) is 4.43. The Labute approximate surface area is 170 Å². The maximum atomic E-state index is 12.6. The first-order chi connectivity index (χ1) is 13.2. The molecule has 1 aliphatic heterocycles. The number of hydrogen-bond acceptors (Lipinski definition) is 4. The van der Waals surface area contributed by atoms with Crippen molar-refractivity contribution in [2.24, 2.45) is 17.8 Å². The third-order valence-corrected chi connectivity index (χ3v) is 5.46. The van der Waals surface area contributed by atoms with Crippen LogP contribution < -0.4 is 10.1 Å². The highest BCUT2D eigenvalue weighted by Crippen LogP contribution is 2.24. The lowest BCUT2D eigenvalue weighted by Crippen LogP contribution is -2.43. The molecular weight excluding hydrogens is 352 g/mol. The van der Waals surface area contributed by atoms with E-state index in [1.807, 2.05) is 31.2 Å². The molecule has 0 saturated carbocycles. The first-order valence-electron chi connectivity index (χ1n) is 10.5. The minimum Gasteiger partial charge on any atom is -0.492 e. The molecule has 0 bridgehead atoms. The maximum absolute atomic E-state index is 12.6. The quantitative estimate of drug-likeness (QED) is 0.677. The topological polar surface area (TPSA) is 50.8 Å². The molecule has 3 unspecified atom stereocenters. The summed E-state index contributed by atoms with van der Waals surface area (Å²) < 4.78 is 11.4. The second kappa shape index (κ2) is 10.3. The molecule has 28 heavy (non-hydrogen) atoms. The van der Waals surface area contributed by atoms with Crippen molar-refractivity contribution in [3.8, 4) is 5.75 Å². The molecule has 1 fully saturated rings. The lowest BCUT2D eigenvalue weighted by molar-refractivity contribution is -0.137. The van der Waals surface area contributed by atoms with Crippen LogP contribution >= 0.6 is 0 Å². The van der Waals surface area contributed by atoms with Gasteiger partial charge in [-0.3, -0.25) is 9.69 Å². The van der Waals surface area contributed by atoms with Gasteiger partial charge in [-0.25, -0.2) is 0 Å². The fraction of sp³-hybridized carbons (Fsp3) is 0.696. The fourth-order valence-electron chi connectivity index (χ4n) is 4.21. The highest BCUT2D eigenvalue weighted by Gasteiger charge is 2.33. The van der Waals surface area contributed by atoms with Crippen LogP contribution in [0.25, 0.3) is 0 Å². The molecule has 5 heteroatoms. The molecule has 1 amide bonds. The number of amides is 1. The molecule has 0 aromatic heterocycles. The first-order valence-corrected chi connectivity index (χ1v) is 10.5. The van der Waals surface area contributed by atoms with Gasteiger partial charge in [-0.05, 0) is 61.8 Å². The SMILES string of the molecule is COC(C)(CC(C)C)C(=O)Nc1ccc(OCCN2CC(C)CC(C)C2)cc1. The molecule has 1 heterocycles. The molecule has 1 aromatic rings. The molecule has 1 aromatic carbocycles. The van der Waals surface area contributed by atoms with Crippen molar-refractivity contribution in [3.63, 3.8) is 0 Å². The van der Waals surface area contributed by atoms with E-state index in [9.17, 15) is 4.79 Å². The molecule has 3 atom stereocenters. The lowest BCUT2D eigenvalue weighted by Gasteiger charge is -2.34. The molecular formula is C23H38N2O3. The summed E-state index contributed by atoms with van der Waals surface area (Å²) in [6, 6.07) is 7.57. The molecule has 158 valence electrons. The van der Waals surface area contributed by atoms with E-state index in [0.29, 0.717) is 18.9 Å². The van der Waals surface area contributed by atoms with Gasteiger partial charge in [0.25, 0.3) is 5.91 Å². The number of carbonyl (C=O) groups is 1. The van der Waals surface area contributed by atoms with Crippen molar-refractivity contribution in [2.75, 3.05) is 38.7 Å². The van der Waals surface area contributed by atoms with Gasteiger partial charge in [0.15, 0.2) is 0 Å². The second-order valence-corrected chi connectivity index (χ2v) is 9.07. The van der Waals surface area contributed by atoms with Crippen molar-refractivity contribution < 1.29 is 14.3 Å². The zero-order valence-electron chi connectivity index (χ0n) is 18.5. The van der Waals surface area contributed by atoms with Gasteiger partial charge < -0.3 is 14.8 Å². The van der Waals surface area contributed by atoms with Crippen LogP contribution in [0.5, 0.6) is 5.75 Å². The predicted molar refractivity (Wildman–Crippen MR) is 115 cm³/mol. The van der Waals surface area contributed by atoms with E-state index in [-0.39, 0.29) is 5.91 Å². The van der Waals surface area contributed by atoms with Gasteiger partial charge in [0.05, 0.1) is 0 Å². The number of ether oxygens (including phenoxy) is 2. The van der Waals surface area contributed by atoms with Crippen molar-refractivity contribution >= 4 is 11.6 Å². The number of hydrogen-bond donors (Lipinski definition) is 1. The zero-order valence-corrected chi connectivity index (χ0v) is 18.5. The maximum Gasteiger partial charge on any atom is 0.256 e. The van der Waals surface area contributed by atoms with E-state index in [2.05, 4.69) is 37.9 Å². The summed E-state index contributed by atoms with van der Waals surface area (Å²) >= 11 is 0. The Morgan fingerprint density at radius 3 is 2.36 bits per heavy atom. The minimum atomic E-state index is -0.827. The van der Waals surface area contributed by atoms with Crippen LogP contribution in [0.1, 0.15) is 47.5 Å². The summed E-state index contributed by atoms with van der Waals surface area (Å²) in [5, 5.41) is 2.96. The fourth-order valence-corrected chi connectivity index (χ4v) is 4.21. The van der Waals surface area contributed by atoms with Gasteiger partial charge in [0.1, 0.15) is 18.0 Å². The van der Waals surface area contributed by atoms with E-state index >= 15 is 0 Å². The number of likely N-dealkylation sites (tertiary alicyclic amines) is 1. The number of nitrogens with zero attached hydrogens (tertiary/aromatic N) is 1. The van der Waals surface area contributed by atoms with Crippen LogP contribution in [0, 0.1) is 17.8 Å². The average molecular weight is 391 g/mol. The summed E-state index contributed by atoms with van der Waals surface area (Å²) in [5.41, 5.74) is -0.0745. The van der Waals surface area contributed by atoms with Gasteiger partial charge in [0.2, 0.25) is 0 Å². The van der Waals surface area contributed by atoms with Gasteiger partial charge >= 0.3 is 0 Å². The molecule has 1 N–H and O–H groups in total. The summed E-state index contributed by atoms with van der Waals surface area (Å²) in [6.07, 6.45) is 1.99. The number of nitrogens with one attached hydrogen (secondary N) is 1. The van der Waals surface area contributed by atoms with Gasteiger partial charge in [-0.15, -0.1) is 0 Å². The molecule has 0 aliphatic carbocycles. The molecule has 5 nitrogen and oxygen atoms in total. The van der Waals surface area contributed by atoms with Crippen molar-refractivity contribution in [1.29, 1.82) is 0 Å². The molecule has 1 saturated heterocycles. The molecule has 0 radical (unpaired) electrons. The Bertz CT molecular complexity index is 607. The van der Waals surface area contributed by atoms with Gasteiger partial charge in [-0.1, -0.05) is 27.7 Å². The molecule has 0 spiro atoms. The van der Waals surface area contributed by atoms with Crippen molar-refractivity contribution in [3.05, 3.63) is 24.3 Å². The largest absolute Gasteiger partial charge is 0.492 e. The van der Waals surface area contributed by atoms with E-state index in [4.69, 9.17) is 9.47 Å². The Morgan fingerprint density at radius 1 is 1.21 bits per heavy atom. The Morgan fingerprint density at radius 2 is 1.82 bits per heavy atom. The van der Waals surface area contributed by atoms with Crippen LogP contribution in [0.3, 0.4) is 0 Å². The average Bonchev–Trinajstić information content (AvgIpc) is 2.61. The molecule has 1 aliphatic rings. The third kappa shape index (κ3) is 6.78. The van der Waals surface area contributed by atoms with E-state index in [1.54, 1.807) is 7.11 Å². The first kappa shape index (κ1) is 22.7. The minimum absolute atomic E-state index is 0.120. The Kier molecular flexibility index (Phi) is 8.32. The normalized spacial score (nSPS) is 22.7. The summed E-state index contributed by atoms with van der Waals surface area (Å²) in [7, 11) is 1.59. The lowest BCUT2D eigenvalue weighted by atomic mass is 9.92. The molecule has 2 rings (SSSR count). The van der Waals surface area contributed by atoms with Crippen LogP contribution in [0.2, 0.25) is 0 Å². The summed E-state index contributed by atoms with van der Waals surface area (Å²) in [4.78, 5) is 15.1. The van der Waals surface area contributed by atoms with Gasteiger partial charge in [0, 0.05) is 32.4 Å². The van der Waals surface area contributed by atoms with Crippen LogP contribution in [-0.4, -0.2) is 49.8 Å². The Balaban J connectivity index is 1.82. The zero-order chi connectivity index (χ0) is 20.7. The van der Waals surface area contributed by atoms with Crippen molar-refractivity contribution in [1.82, 2.24) is 4.90 Å². The number of benzene rings is 1. The second-order valence-electron chi connectivity index (χ2n) is 9.07. The van der Waals surface area contributed by atoms with Crippen molar-refractivity contribution in [2.45, 2.75) is 53.1 Å². The third-order valence-electron chi connectivity index (χ3n) is 5.46. The smallest absolute Gasteiger partial charge is 0.256 e. The van der Waals surface area contributed by atoms with E-state index < -0.39 is 5.60 Å². The summed E-state index contributed by atoms with van der Waals surface area (Å²) in [5.74, 6) is 2.61. The van der Waals surface area contributed by atoms with Crippen LogP contribution in [-0.2, 0) is 9.53 Å². The number of carbonyl (C=O) groups excluding carboxylic acids is 1. The summed E-state index contributed by atoms with van der Waals surface area (Å²) in [6.45, 7) is 14.6. The standard InChI is InChI=1S/C23H38N2O3/c1-17(2)14-23(5,27-6)22(26)24-20-7-9-21(10-8-20)28-12-11-25-15-18(3)13-19(4)16-25/h7-10,17-19H,11-16H2,1-6H3,(H,24,26). The highest BCUT2D eigenvalue weighted by molar-refractivity contribution is 5.97. The number of rotatable bonds is 9. The van der Waals surface area contributed by atoms with Crippen LogP contribution in [0.4, 0.5) is 5.69 Å². The Hall–Kier alpha value is -1.59. The monoisotopic (exact) mass is 390 g/mol. The van der Waals surface area contributed by atoms with E-state index in [0.717, 1.165) is 42.9 Å².